The van der Waals surface area contributed by atoms with Crippen molar-refractivity contribution >= 4 is 17.3 Å². The van der Waals surface area contributed by atoms with Crippen molar-refractivity contribution < 1.29 is 13.9 Å². The number of nitrogens with zero attached hydrogens (tertiary/aromatic N) is 1. The molecule has 0 atom stereocenters. The molecule has 0 spiro atoms. The van der Waals surface area contributed by atoms with Crippen molar-refractivity contribution in [1.29, 1.82) is 0 Å². The average molecular weight is 320 g/mol. The lowest BCUT2D eigenvalue weighted by molar-refractivity contribution is -0.117. The molecule has 0 aromatic heterocycles. The van der Waals surface area contributed by atoms with Crippen LogP contribution >= 0.6 is 0 Å². The van der Waals surface area contributed by atoms with Crippen molar-refractivity contribution in [2.24, 2.45) is 5.41 Å². The van der Waals surface area contributed by atoms with Gasteiger partial charge in [0.15, 0.2) is 0 Å². The number of amides is 1. The van der Waals surface area contributed by atoms with E-state index in [1.807, 2.05) is 13.0 Å². The van der Waals surface area contributed by atoms with Crippen LogP contribution in [0, 0.1) is 18.2 Å². The number of rotatable bonds is 4. The molecule has 0 bridgehead atoms. The van der Waals surface area contributed by atoms with Gasteiger partial charge in [-0.15, -0.1) is 0 Å². The van der Waals surface area contributed by atoms with Crippen LogP contribution in [0.5, 0.6) is 0 Å². The van der Waals surface area contributed by atoms with E-state index in [0.29, 0.717) is 18.7 Å². The average Bonchev–Trinajstić information content (AvgIpc) is 3.25. The molecule has 1 aliphatic carbocycles. The van der Waals surface area contributed by atoms with Crippen molar-refractivity contribution in [2.45, 2.75) is 39.5 Å². The molecule has 1 saturated carbocycles. The van der Waals surface area contributed by atoms with Crippen LogP contribution in [-0.4, -0.2) is 32.2 Å². The van der Waals surface area contributed by atoms with Crippen LogP contribution in [0.3, 0.4) is 0 Å². The summed E-state index contributed by atoms with van der Waals surface area (Å²) in [5, 5.41) is 2.76. The lowest BCUT2D eigenvalue weighted by atomic mass is 10.0. The molecule has 1 saturated heterocycles. The van der Waals surface area contributed by atoms with Crippen molar-refractivity contribution in [3.8, 4) is 0 Å². The molecule has 1 aliphatic heterocycles. The third kappa shape index (κ3) is 4.02. The minimum Gasteiger partial charge on any atom is -0.380 e. The molecule has 0 unspecified atom stereocenters. The summed E-state index contributed by atoms with van der Waals surface area (Å²) < 4.78 is 19.9. The van der Waals surface area contributed by atoms with Gasteiger partial charge in [0.2, 0.25) is 5.91 Å². The Labute approximate surface area is 137 Å². The second-order valence-electron chi connectivity index (χ2n) is 7.11. The number of anilines is 2. The Morgan fingerprint density at radius 3 is 2.83 bits per heavy atom. The number of aryl methyl sites for hydroxylation is 1. The minimum absolute atomic E-state index is 0.0945. The van der Waals surface area contributed by atoms with Gasteiger partial charge >= 0.3 is 0 Å². The zero-order chi connectivity index (χ0) is 16.4. The third-order valence-corrected chi connectivity index (χ3v) is 4.81. The predicted octanol–water partition coefficient (Wildman–Crippen LogP) is 3.49. The topological polar surface area (TPSA) is 41.6 Å². The van der Waals surface area contributed by atoms with E-state index in [-0.39, 0.29) is 17.1 Å². The van der Waals surface area contributed by atoms with Crippen molar-refractivity contribution in [3.63, 3.8) is 0 Å². The Hall–Kier alpha value is -1.62. The van der Waals surface area contributed by atoms with Crippen molar-refractivity contribution in [2.75, 3.05) is 36.5 Å². The van der Waals surface area contributed by atoms with Crippen LogP contribution in [0.25, 0.3) is 0 Å². The molecule has 126 valence electrons. The van der Waals surface area contributed by atoms with Gasteiger partial charge in [-0.1, -0.05) is 6.92 Å². The van der Waals surface area contributed by atoms with Gasteiger partial charge in [0, 0.05) is 31.8 Å². The fraction of sp³-hybridized carbons (Fsp3) is 0.611. The Balaban J connectivity index is 1.72. The molecular formula is C18H25FN2O2. The smallest absolute Gasteiger partial charge is 0.225 e. The van der Waals surface area contributed by atoms with Crippen LogP contribution in [0.2, 0.25) is 0 Å². The Bertz CT molecular complexity index is 568. The van der Waals surface area contributed by atoms with Gasteiger partial charge in [0.05, 0.1) is 12.3 Å². The number of ether oxygens (including phenoxy) is 1. The molecular weight excluding hydrogens is 295 g/mol. The highest BCUT2D eigenvalue weighted by atomic mass is 19.1. The van der Waals surface area contributed by atoms with E-state index in [0.717, 1.165) is 50.2 Å². The third-order valence-electron chi connectivity index (χ3n) is 4.81. The second-order valence-corrected chi connectivity index (χ2v) is 7.11. The number of benzene rings is 1. The number of nitrogens with one attached hydrogen (secondary N) is 1. The molecule has 1 aromatic carbocycles. The Morgan fingerprint density at radius 1 is 1.35 bits per heavy atom. The van der Waals surface area contributed by atoms with Gasteiger partial charge in [0.25, 0.3) is 0 Å². The van der Waals surface area contributed by atoms with E-state index in [1.54, 1.807) is 0 Å². The van der Waals surface area contributed by atoms with E-state index in [9.17, 15) is 9.18 Å². The second kappa shape index (κ2) is 6.48. The van der Waals surface area contributed by atoms with E-state index >= 15 is 0 Å². The number of hydrogen-bond acceptors (Lipinski definition) is 3. The first-order valence-electron chi connectivity index (χ1n) is 8.40. The number of halogens is 1. The number of hydrogen-bond donors (Lipinski definition) is 1. The van der Waals surface area contributed by atoms with E-state index in [2.05, 4.69) is 17.1 Å². The molecule has 0 radical (unpaired) electrons. The van der Waals surface area contributed by atoms with Gasteiger partial charge in [-0.2, -0.15) is 0 Å². The lowest BCUT2D eigenvalue weighted by Crippen LogP contribution is -2.26. The van der Waals surface area contributed by atoms with Crippen LogP contribution in [0.1, 0.15) is 38.2 Å². The molecule has 1 aromatic rings. The zero-order valence-electron chi connectivity index (χ0n) is 14.0. The van der Waals surface area contributed by atoms with Gasteiger partial charge in [0.1, 0.15) is 5.82 Å². The lowest BCUT2D eigenvalue weighted by Gasteiger charge is -2.23. The van der Waals surface area contributed by atoms with Crippen LogP contribution in [-0.2, 0) is 9.53 Å². The highest BCUT2D eigenvalue weighted by molar-refractivity contribution is 5.92. The van der Waals surface area contributed by atoms with Crippen LogP contribution < -0.4 is 10.2 Å². The molecule has 2 fully saturated rings. The quantitative estimate of drug-likeness (QED) is 0.923. The molecule has 1 N–H and O–H groups in total. The van der Waals surface area contributed by atoms with Gasteiger partial charge in [-0.05, 0) is 49.3 Å². The summed E-state index contributed by atoms with van der Waals surface area (Å²) >= 11 is 0. The van der Waals surface area contributed by atoms with Gasteiger partial charge in [-0.25, -0.2) is 4.39 Å². The summed E-state index contributed by atoms with van der Waals surface area (Å²) in [5.41, 5.74) is 2.06. The first-order valence-corrected chi connectivity index (χ1v) is 8.40. The Kier molecular flexibility index (Phi) is 4.57. The first kappa shape index (κ1) is 16.2. The maximum atomic E-state index is 14.5. The fourth-order valence-corrected chi connectivity index (χ4v) is 3.03. The van der Waals surface area contributed by atoms with Gasteiger partial charge in [-0.3, -0.25) is 4.79 Å². The van der Waals surface area contributed by atoms with Crippen LogP contribution in [0.15, 0.2) is 12.1 Å². The molecule has 2 aliphatic rings. The molecule has 1 heterocycles. The molecule has 4 nitrogen and oxygen atoms in total. The van der Waals surface area contributed by atoms with Crippen molar-refractivity contribution in [3.05, 3.63) is 23.5 Å². The maximum absolute atomic E-state index is 14.5. The summed E-state index contributed by atoms with van der Waals surface area (Å²) in [7, 11) is 0. The summed E-state index contributed by atoms with van der Waals surface area (Å²) in [5.74, 6) is -0.456. The summed E-state index contributed by atoms with van der Waals surface area (Å²) in [6.07, 6.45) is 3.57. The normalized spacial score (nSPS) is 20.0. The number of carbonyl (C=O) groups is 1. The highest BCUT2D eigenvalue weighted by Gasteiger charge is 2.39. The highest BCUT2D eigenvalue weighted by Crippen LogP contribution is 2.48. The van der Waals surface area contributed by atoms with Gasteiger partial charge < -0.3 is 15.0 Å². The van der Waals surface area contributed by atoms with E-state index in [1.165, 1.54) is 6.07 Å². The fourth-order valence-electron chi connectivity index (χ4n) is 3.03. The molecule has 1 amide bonds. The SMILES string of the molecule is Cc1cc(N2CCCOCC2)cc(F)c1NC(=O)CC1(C)CC1. The Morgan fingerprint density at radius 2 is 2.13 bits per heavy atom. The van der Waals surface area contributed by atoms with E-state index < -0.39 is 0 Å². The maximum Gasteiger partial charge on any atom is 0.225 e. The first-order chi connectivity index (χ1) is 11.0. The summed E-state index contributed by atoms with van der Waals surface area (Å²) in [6.45, 7) is 6.99. The largest absolute Gasteiger partial charge is 0.380 e. The monoisotopic (exact) mass is 320 g/mol. The zero-order valence-corrected chi connectivity index (χ0v) is 14.0. The summed E-state index contributed by atoms with van der Waals surface area (Å²) in [6, 6.07) is 3.47. The van der Waals surface area contributed by atoms with Crippen molar-refractivity contribution in [1.82, 2.24) is 0 Å². The number of carbonyl (C=O) groups excluding carboxylic acids is 1. The minimum atomic E-state index is -0.362. The predicted molar refractivity (Wildman–Crippen MR) is 89.4 cm³/mol. The van der Waals surface area contributed by atoms with E-state index in [4.69, 9.17) is 4.74 Å². The molecule has 5 heteroatoms. The standard InChI is InChI=1S/C18H25FN2O2/c1-13-10-14(21-6-3-8-23-9-7-21)11-15(19)17(13)20-16(22)12-18(2)4-5-18/h10-11H,3-9,12H2,1-2H3,(H,20,22). The van der Waals surface area contributed by atoms with Crippen LogP contribution in [0.4, 0.5) is 15.8 Å². The molecule has 23 heavy (non-hydrogen) atoms. The molecule has 3 rings (SSSR count). The summed E-state index contributed by atoms with van der Waals surface area (Å²) in [4.78, 5) is 14.2.